The number of allylic oxidation sites excluding steroid dienone is 2. The van der Waals surface area contributed by atoms with Crippen LogP contribution in [0, 0.1) is 11.8 Å². The number of aliphatic hydroxyl groups excluding tert-OH is 3. The Hall–Kier alpha value is -1.99. The van der Waals surface area contributed by atoms with E-state index in [9.17, 15) is 20.1 Å². The van der Waals surface area contributed by atoms with Crippen molar-refractivity contribution in [2.75, 3.05) is 0 Å². The fraction of sp³-hybridized carbons (Fsp3) is 0.480. The molecule has 0 saturated heterocycles. The summed E-state index contributed by atoms with van der Waals surface area (Å²) >= 11 is 1.75. The van der Waals surface area contributed by atoms with Crippen molar-refractivity contribution in [3.05, 3.63) is 59.5 Å². The number of hydrogen-bond donors (Lipinski definition) is 4. The van der Waals surface area contributed by atoms with Gasteiger partial charge in [-0.25, -0.2) is 0 Å². The van der Waals surface area contributed by atoms with E-state index in [4.69, 9.17) is 5.11 Å². The molecule has 1 saturated carbocycles. The number of fused-ring (bicyclic) bond motifs is 1. The molecule has 3 unspecified atom stereocenters. The average molecular weight is 445 g/mol. The minimum absolute atomic E-state index is 0.100. The van der Waals surface area contributed by atoms with E-state index in [1.165, 1.54) is 15.0 Å². The molecule has 2 aromatic rings. The molecule has 5 nitrogen and oxygen atoms in total. The van der Waals surface area contributed by atoms with E-state index in [-0.39, 0.29) is 18.3 Å². The lowest BCUT2D eigenvalue weighted by atomic mass is 9.89. The predicted octanol–water partition coefficient (Wildman–Crippen LogP) is 4.31. The number of aryl methyl sites for hydroxylation is 1. The van der Waals surface area contributed by atoms with Crippen molar-refractivity contribution in [2.24, 2.45) is 11.8 Å². The largest absolute Gasteiger partial charge is 0.481 e. The Morgan fingerprint density at radius 3 is 2.77 bits per heavy atom. The van der Waals surface area contributed by atoms with Gasteiger partial charge in [0, 0.05) is 28.3 Å². The maximum Gasteiger partial charge on any atom is 0.303 e. The van der Waals surface area contributed by atoms with Gasteiger partial charge in [-0.1, -0.05) is 42.5 Å². The highest BCUT2D eigenvalue weighted by Gasteiger charge is 2.39. The summed E-state index contributed by atoms with van der Waals surface area (Å²) < 4.78 is 1.25. The Labute approximate surface area is 187 Å². The van der Waals surface area contributed by atoms with Gasteiger partial charge in [0.15, 0.2) is 0 Å². The first-order valence-corrected chi connectivity index (χ1v) is 11.8. The summed E-state index contributed by atoms with van der Waals surface area (Å²) in [5.74, 6) is -1.09. The van der Waals surface area contributed by atoms with E-state index in [0.717, 1.165) is 6.42 Å². The molecule has 168 valence electrons. The standard InChI is InChI=1S/C25H32O5S/c26-18(11-13-19-15-17-7-5-6-9-24(17)31-19)12-14-21-20(22(27)16-23(21)28)8-3-1-2-4-10-25(29)30/h1,3,5-7,9,12,14-15,18,20-23,26-28H,2,4,8,10-11,13,16H2,(H,29,30)/b3-1-,14-12+/t18?,20-,21-,22?,23?/m1/s1. The van der Waals surface area contributed by atoms with Gasteiger partial charge < -0.3 is 20.4 Å². The molecule has 1 aliphatic carbocycles. The average Bonchev–Trinajstić information content (AvgIpc) is 3.27. The summed E-state index contributed by atoms with van der Waals surface area (Å²) in [5.41, 5.74) is 0. The Kier molecular flexibility index (Phi) is 8.84. The van der Waals surface area contributed by atoms with Crippen molar-refractivity contribution >= 4 is 27.4 Å². The summed E-state index contributed by atoms with van der Waals surface area (Å²) in [7, 11) is 0. The number of benzene rings is 1. The van der Waals surface area contributed by atoms with Crippen molar-refractivity contribution in [3.8, 4) is 0 Å². The van der Waals surface area contributed by atoms with Crippen LogP contribution in [0.4, 0.5) is 0 Å². The van der Waals surface area contributed by atoms with Gasteiger partial charge in [-0.05, 0) is 55.5 Å². The number of carboxylic acids is 1. The molecule has 3 rings (SSSR count). The molecule has 0 bridgehead atoms. The molecule has 1 aromatic carbocycles. The molecule has 1 aliphatic rings. The third kappa shape index (κ3) is 7.01. The highest BCUT2D eigenvalue weighted by atomic mass is 32.1. The number of hydrogen-bond acceptors (Lipinski definition) is 5. The van der Waals surface area contributed by atoms with Gasteiger partial charge in [-0.15, -0.1) is 11.3 Å². The molecule has 0 radical (unpaired) electrons. The van der Waals surface area contributed by atoms with Crippen molar-refractivity contribution in [3.63, 3.8) is 0 Å². The quantitative estimate of drug-likeness (QED) is 0.306. The van der Waals surface area contributed by atoms with Gasteiger partial charge in [0.1, 0.15) is 0 Å². The molecule has 1 fully saturated rings. The van der Waals surface area contributed by atoms with Crippen LogP contribution in [0.25, 0.3) is 10.1 Å². The van der Waals surface area contributed by atoms with Gasteiger partial charge >= 0.3 is 5.97 Å². The van der Waals surface area contributed by atoms with Crippen molar-refractivity contribution < 1.29 is 25.2 Å². The molecule has 5 atom stereocenters. The first kappa shape index (κ1) is 23.7. The van der Waals surface area contributed by atoms with Crippen LogP contribution in [-0.4, -0.2) is 44.7 Å². The highest BCUT2D eigenvalue weighted by molar-refractivity contribution is 7.19. The van der Waals surface area contributed by atoms with Gasteiger partial charge in [0.25, 0.3) is 0 Å². The monoisotopic (exact) mass is 444 g/mol. The maximum atomic E-state index is 10.5. The first-order chi connectivity index (χ1) is 14.9. The zero-order chi connectivity index (χ0) is 22.2. The van der Waals surface area contributed by atoms with E-state index in [2.05, 4.69) is 18.2 Å². The summed E-state index contributed by atoms with van der Waals surface area (Å²) in [4.78, 5) is 11.8. The molecule has 31 heavy (non-hydrogen) atoms. The normalized spacial score (nSPS) is 25.1. The van der Waals surface area contributed by atoms with E-state index >= 15 is 0 Å². The number of aliphatic carboxylic acids is 1. The zero-order valence-corrected chi connectivity index (χ0v) is 18.5. The predicted molar refractivity (Wildman–Crippen MR) is 124 cm³/mol. The number of aliphatic hydroxyl groups is 3. The van der Waals surface area contributed by atoms with E-state index < -0.39 is 24.3 Å². The summed E-state index contributed by atoms with van der Waals surface area (Å²) in [6.07, 6.45) is 9.54. The van der Waals surface area contributed by atoms with Crippen LogP contribution in [0.2, 0.25) is 0 Å². The third-order valence-corrected chi connectivity index (χ3v) is 7.15. The van der Waals surface area contributed by atoms with Crippen molar-refractivity contribution in [1.29, 1.82) is 0 Å². The molecule has 0 spiro atoms. The molecular formula is C25H32O5S. The smallest absolute Gasteiger partial charge is 0.303 e. The van der Waals surface area contributed by atoms with E-state index in [0.29, 0.717) is 32.1 Å². The minimum atomic E-state index is -0.793. The molecule has 1 aromatic heterocycles. The second kappa shape index (κ2) is 11.6. The zero-order valence-electron chi connectivity index (χ0n) is 17.6. The van der Waals surface area contributed by atoms with Crippen LogP contribution in [0.3, 0.4) is 0 Å². The highest BCUT2D eigenvalue weighted by Crippen LogP contribution is 2.36. The Balaban J connectivity index is 1.49. The maximum absolute atomic E-state index is 10.5. The lowest BCUT2D eigenvalue weighted by Gasteiger charge is -2.19. The molecule has 0 amide bonds. The van der Waals surface area contributed by atoms with Gasteiger partial charge in [0.2, 0.25) is 0 Å². The lowest BCUT2D eigenvalue weighted by molar-refractivity contribution is -0.137. The van der Waals surface area contributed by atoms with Crippen LogP contribution in [0.5, 0.6) is 0 Å². The molecule has 1 heterocycles. The van der Waals surface area contributed by atoms with Gasteiger partial charge in [-0.2, -0.15) is 0 Å². The van der Waals surface area contributed by atoms with Gasteiger partial charge in [-0.3, -0.25) is 4.79 Å². The van der Waals surface area contributed by atoms with Crippen LogP contribution in [0.15, 0.2) is 54.6 Å². The van der Waals surface area contributed by atoms with E-state index in [1.54, 1.807) is 17.4 Å². The van der Waals surface area contributed by atoms with Crippen molar-refractivity contribution in [1.82, 2.24) is 0 Å². The topological polar surface area (TPSA) is 98.0 Å². The van der Waals surface area contributed by atoms with Crippen molar-refractivity contribution in [2.45, 2.75) is 63.3 Å². The molecule has 0 aliphatic heterocycles. The van der Waals surface area contributed by atoms with Gasteiger partial charge in [0.05, 0.1) is 18.3 Å². The van der Waals surface area contributed by atoms with Crippen LogP contribution in [0.1, 0.15) is 43.4 Å². The number of thiophene rings is 1. The Morgan fingerprint density at radius 1 is 1.19 bits per heavy atom. The second-order valence-corrected chi connectivity index (χ2v) is 9.51. The SMILES string of the molecule is O=C(O)CCC/C=C\C[C@H]1C(O)CC(O)[C@@H]1/C=C/C(O)CCc1cc2ccccc2s1. The van der Waals surface area contributed by atoms with Crippen LogP contribution in [-0.2, 0) is 11.2 Å². The van der Waals surface area contributed by atoms with E-state index in [1.807, 2.05) is 30.4 Å². The minimum Gasteiger partial charge on any atom is -0.481 e. The first-order valence-electron chi connectivity index (χ1n) is 11.0. The Morgan fingerprint density at radius 2 is 2.00 bits per heavy atom. The molecule has 4 N–H and O–H groups in total. The number of rotatable bonds is 11. The fourth-order valence-electron chi connectivity index (χ4n) is 4.25. The fourth-order valence-corrected chi connectivity index (χ4v) is 5.33. The summed E-state index contributed by atoms with van der Waals surface area (Å²) in [5, 5.41) is 41.0. The second-order valence-electron chi connectivity index (χ2n) is 8.35. The van der Waals surface area contributed by atoms with Crippen LogP contribution < -0.4 is 0 Å². The summed E-state index contributed by atoms with van der Waals surface area (Å²) in [6.45, 7) is 0. The number of carbonyl (C=O) groups is 1. The van der Waals surface area contributed by atoms with Crippen LogP contribution >= 0.6 is 11.3 Å². The molecular weight excluding hydrogens is 412 g/mol. The Bertz CT molecular complexity index is 869. The number of carboxylic acid groups (broad SMARTS) is 1. The lowest BCUT2D eigenvalue weighted by Crippen LogP contribution is -2.20. The third-order valence-electron chi connectivity index (χ3n) is 5.97. The number of unbranched alkanes of at least 4 members (excludes halogenated alkanes) is 1. The summed E-state index contributed by atoms with van der Waals surface area (Å²) in [6, 6.07) is 10.4. The molecule has 6 heteroatoms.